The number of aryl methyl sites for hydroxylation is 1. The third-order valence-electron chi connectivity index (χ3n) is 3.90. The molecule has 110 valence electrons. The van der Waals surface area contributed by atoms with Gasteiger partial charge in [-0.1, -0.05) is 18.2 Å². The maximum absolute atomic E-state index is 12.0. The van der Waals surface area contributed by atoms with Gasteiger partial charge < -0.3 is 9.88 Å². The normalized spacial score (nSPS) is 13.1. The summed E-state index contributed by atoms with van der Waals surface area (Å²) >= 11 is 1.44. The Hall–Kier alpha value is -2.40. The highest BCUT2D eigenvalue weighted by molar-refractivity contribution is 7.12. The molecule has 1 aromatic carbocycles. The summed E-state index contributed by atoms with van der Waals surface area (Å²) in [4.78, 5) is 17.2. The molecule has 0 aliphatic carbocycles. The number of thiophene rings is 1. The molecule has 0 atom stereocenters. The standard InChI is InChI=1S/C17H15N3OS/c21-17(15-3-2-10-22-15)19-13-7-5-12(6-8-13)14-11-18-16-4-1-9-20(14)16/h2-3,5-8,10-11H,1,4,9H2,(H,19,21). The van der Waals surface area contributed by atoms with Gasteiger partial charge in [0, 0.05) is 18.7 Å². The highest BCUT2D eigenvalue weighted by atomic mass is 32.1. The number of fused-ring (bicyclic) bond motifs is 1. The van der Waals surface area contributed by atoms with Crippen LogP contribution >= 0.6 is 11.3 Å². The zero-order valence-electron chi connectivity index (χ0n) is 12.0. The van der Waals surface area contributed by atoms with Gasteiger partial charge in [-0.3, -0.25) is 4.79 Å². The SMILES string of the molecule is O=C(Nc1ccc(-c2cnc3n2CCC3)cc1)c1cccs1. The number of amides is 1. The van der Waals surface area contributed by atoms with E-state index in [4.69, 9.17) is 0 Å². The smallest absolute Gasteiger partial charge is 0.265 e. The molecule has 1 aliphatic heterocycles. The van der Waals surface area contributed by atoms with Crippen molar-refractivity contribution in [3.63, 3.8) is 0 Å². The average molecular weight is 309 g/mol. The molecule has 0 saturated heterocycles. The number of hydrogen-bond donors (Lipinski definition) is 1. The first-order valence-corrected chi connectivity index (χ1v) is 8.19. The van der Waals surface area contributed by atoms with Crippen LogP contribution in [0.3, 0.4) is 0 Å². The fraction of sp³-hybridized carbons (Fsp3) is 0.176. The second kappa shape index (κ2) is 5.42. The van der Waals surface area contributed by atoms with Gasteiger partial charge in [0.15, 0.2) is 0 Å². The summed E-state index contributed by atoms with van der Waals surface area (Å²) in [6.07, 6.45) is 4.17. The molecule has 2 aromatic heterocycles. The van der Waals surface area contributed by atoms with Gasteiger partial charge in [0.2, 0.25) is 0 Å². The molecule has 0 fully saturated rings. The van der Waals surface area contributed by atoms with Gasteiger partial charge in [-0.2, -0.15) is 0 Å². The highest BCUT2D eigenvalue weighted by Gasteiger charge is 2.16. The number of nitrogens with zero attached hydrogens (tertiary/aromatic N) is 2. The van der Waals surface area contributed by atoms with E-state index >= 15 is 0 Å². The summed E-state index contributed by atoms with van der Waals surface area (Å²) in [5, 5.41) is 4.82. The largest absolute Gasteiger partial charge is 0.328 e. The Morgan fingerprint density at radius 2 is 2.09 bits per heavy atom. The van der Waals surface area contributed by atoms with E-state index in [1.807, 2.05) is 48.0 Å². The van der Waals surface area contributed by atoms with E-state index in [0.717, 1.165) is 34.8 Å². The van der Waals surface area contributed by atoms with Crippen LogP contribution in [0.5, 0.6) is 0 Å². The lowest BCUT2D eigenvalue weighted by Crippen LogP contribution is -2.09. The van der Waals surface area contributed by atoms with E-state index < -0.39 is 0 Å². The Balaban J connectivity index is 1.54. The van der Waals surface area contributed by atoms with E-state index in [2.05, 4.69) is 14.9 Å². The van der Waals surface area contributed by atoms with Crippen molar-refractivity contribution in [3.05, 3.63) is 58.7 Å². The van der Waals surface area contributed by atoms with Crippen molar-refractivity contribution in [3.8, 4) is 11.3 Å². The minimum absolute atomic E-state index is 0.0620. The van der Waals surface area contributed by atoms with Crippen LogP contribution in [0.15, 0.2) is 48.0 Å². The second-order valence-electron chi connectivity index (χ2n) is 5.32. The number of benzene rings is 1. The van der Waals surface area contributed by atoms with E-state index in [0.29, 0.717) is 0 Å². The van der Waals surface area contributed by atoms with Crippen LogP contribution in [0.2, 0.25) is 0 Å². The van der Waals surface area contributed by atoms with Crippen LogP contribution in [0.1, 0.15) is 21.9 Å². The topological polar surface area (TPSA) is 46.9 Å². The Labute approximate surface area is 132 Å². The average Bonchev–Trinajstić information content (AvgIpc) is 3.26. The first-order chi connectivity index (χ1) is 10.8. The van der Waals surface area contributed by atoms with Crippen LogP contribution in [0.4, 0.5) is 5.69 Å². The molecular weight excluding hydrogens is 294 g/mol. The number of aromatic nitrogens is 2. The quantitative estimate of drug-likeness (QED) is 0.799. The van der Waals surface area contributed by atoms with Gasteiger partial charge in [0.05, 0.1) is 16.8 Å². The van der Waals surface area contributed by atoms with E-state index in [9.17, 15) is 4.79 Å². The van der Waals surface area contributed by atoms with Gasteiger partial charge in [-0.15, -0.1) is 11.3 Å². The van der Waals surface area contributed by atoms with Crippen LogP contribution in [0.25, 0.3) is 11.3 Å². The Morgan fingerprint density at radius 3 is 2.86 bits per heavy atom. The summed E-state index contributed by atoms with van der Waals surface area (Å²) in [6, 6.07) is 11.7. The van der Waals surface area contributed by atoms with Crippen LogP contribution in [-0.2, 0) is 13.0 Å². The highest BCUT2D eigenvalue weighted by Crippen LogP contribution is 2.26. The van der Waals surface area contributed by atoms with E-state index in [1.54, 1.807) is 0 Å². The molecule has 3 heterocycles. The third kappa shape index (κ3) is 2.33. The second-order valence-corrected chi connectivity index (χ2v) is 6.27. The fourth-order valence-corrected chi connectivity index (χ4v) is 3.43. The molecule has 0 bridgehead atoms. The third-order valence-corrected chi connectivity index (χ3v) is 4.77. The summed E-state index contributed by atoms with van der Waals surface area (Å²) in [5.74, 6) is 1.11. The number of carbonyl (C=O) groups excluding carboxylic acids is 1. The van der Waals surface area contributed by atoms with Gasteiger partial charge in [-0.05, 0) is 35.6 Å². The van der Waals surface area contributed by atoms with Crippen LogP contribution < -0.4 is 5.32 Å². The predicted octanol–water partition coefficient (Wildman–Crippen LogP) is 3.81. The van der Waals surface area contributed by atoms with Crippen LogP contribution in [0, 0.1) is 0 Å². The Bertz CT molecular complexity index is 803. The monoisotopic (exact) mass is 309 g/mol. The number of carbonyl (C=O) groups is 1. The van der Waals surface area contributed by atoms with Gasteiger partial charge >= 0.3 is 0 Å². The lowest BCUT2D eigenvalue weighted by molar-refractivity contribution is 0.103. The molecule has 0 spiro atoms. The molecule has 1 amide bonds. The first-order valence-electron chi connectivity index (χ1n) is 7.31. The zero-order chi connectivity index (χ0) is 14.9. The minimum atomic E-state index is -0.0620. The predicted molar refractivity (Wildman–Crippen MR) is 88.3 cm³/mol. The molecule has 0 unspecified atom stereocenters. The van der Waals surface area contributed by atoms with Gasteiger partial charge in [-0.25, -0.2) is 4.98 Å². The van der Waals surface area contributed by atoms with Crippen molar-refractivity contribution in [1.82, 2.24) is 9.55 Å². The molecular formula is C17H15N3OS. The molecule has 0 radical (unpaired) electrons. The Kier molecular flexibility index (Phi) is 3.27. The molecule has 5 heteroatoms. The lowest BCUT2D eigenvalue weighted by atomic mass is 10.1. The number of anilines is 1. The van der Waals surface area contributed by atoms with Crippen molar-refractivity contribution < 1.29 is 4.79 Å². The van der Waals surface area contributed by atoms with E-state index in [-0.39, 0.29) is 5.91 Å². The number of rotatable bonds is 3. The van der Waals surface area contributed by atoms with Crippen molar-refractivity contribution >= 4 is 22.9 Å². The Morgan fingerprint density at radius 1 is 1.23 bits per heavy atom. The van der Waals surface area contributed by atoms with Crippen molar-refractivity contribution in [1.29, 1.82) is 0 Å². The maximum Gasteiger partial charge on any atom is 0.265 e. The summed E-state index contributed by atoms with van der Waals surface area (Å²) in [5.41, 5.74) is 3.10. The maximum atomic E-state index is 12.0. The summed E-state index contributed by atoms with van der Waals surface area (Å²) in [6.45, 7) is 1.04. The molecule has 22 heavy (non-hydrogen) atoms. The first kappa shape index (κ1) is 13.3. The fourth-order valence-electron chi connectivity index (χ4n) is 2.81. The summed E-state index contributed by atoms with van der Waals surface area (Å²) < 4.78 is 2.28. The number of imidazole rings is 1. The molecule has 4 nitrogen and oxygen atoms in total. The molecule has 4 rings (SSSR count). The zero-order valence-corrected chi connectivity index (χ0v) is 12.8. The van der Waals surface area contributed by atoms with Crippen molar-refractivity contribution in [2.45, 2.75) is 19.4 Å². The number of hydrogen-bond acceptors (Lipinski definition) is 3. The number of nitrogens with one attached hydrogen (secondary N) is 1. The molecule has 1 aliphatic rings. The molecule has 3 aromatic rings. The van der Waals surface area contributed by atoms with Gasteiger partial charge in [0.25, 0.3) is 5.91 Å². The van der Waals surface area contributed by atoms with Crippen molar-refractivity contribution in [2.75, 3.05) is 5.32 Å². The van der Waals surface area contributed by atoms with E-state index in [1.165, 1.54) is 23.6 Å². The van der Waals surface area contributed by atoms with Crippen LogP contribution in [-0.4, -0.2) is 15.5 Å². The lowest BCUT2D eigenvalue weighted by Gasteiger charge is -2.07. The van der Waals surface area contributed by atoms with Gasteiger partial charge in [0.1, 0.15) is 5.82 Å². The molecule has 0 saturated carbocycles. The van der Waals surface area contributed by atoms with Crippen molar-refractivity contribution in [2.24, 2.45) is 0 Å². The summed E-state index contributed by atoms with van der Waals surface area (Å²) in [7, 11) is 0. The molecule has 1 N–H and O–H groups in total. The minimum Gasteiger partial charge on any atom is -0.328 e.